The fourth-order valence-corrected chi connectivity index (χ4v) is 2.66. The van der Waals surface area contributed by atoms with Gasteiger partial charge in [-0.05, 0) is 31.0 Å². The largest absolute Gasteiger partial charge is 0.469 e. The fraction of sp³-hybridized carbons (Fsp3) is 0.467. The van der Waals surface area contributed by atoms with Crippen molar-refractivity contribution in [3.05, 3.63) is 29.3 Å². The van der Waals surface area contributed by atoms with E-state index in [1.165, 1.54) is 24.1 Å². The molecule has 0 spiro atoms. The maximum Gasteiger partial charge on any atom is 0.418 e. The van der Waals surface area contributed by atoms with E-state index in [-0.39, 0.29) is 17.8 Å². The van der Waals surface area contributed by atoms with E-state index in [0.29, 0.717) is 19.4 Å². The Hall–Kier alpha value is -2.23. The molecule has 0 N–H and O–H groups in total. The van der Waals surface area contributed by atoms with Crippen molar-refractivity contribution >= 4 is 11.7 Å². The average molecular weight is 312 g/mol. The number of nitriles is 1. The summed E-state index contributed by atoms with van der Waals surface area (Å²) in [6.45, 7) is 0.615. The van der Waals surface area contributed by atoms with Crippen LogP contribution >= 0.6 is 0 Å². The van der Waals surface area contributed by atoms with Gasteiger partial charge >= 0.3 is 12.1 Å². The van der Waals surface area contributed by atoms with E-state index in [1.807, 2.05) is 0 Å². The molecule has 0 aliphatic carbocycles. The Morgan fingerprint density at radius 2 is 2.18 bits per heavy atom. The minimum absolute atomic E-state index is 0.0000954. The van der Waals surface area contributed by atoms with Crippen LogP contribution in [0.3, 0.4) is 0 Å². The van der Waals surface area contributed by atoms with Crippen LogP contribution in [-0.4, -0.2) is 26.2 Å². The third kappa shape index (κ3) is 3.32. The van der Waals surface area contributed by atoms with Crippen molar-refractivity contribution in [2.24, 2.45) is 5.92 Å². The lowest BCUT2D eigenvalue weighted by Gasteiger charge is -2.34. The lowest BCUT2D eigenvalue weighted by Crippen LogP contribution is -2.40. The van der Waals surface area contributed by atoms with Crippen LogP contribution in [-0.2, 0) is 15.7 Å². The highest BCUT2D eigenvalue weighted by Crippen LogP contribution is 2.38. The minimum atomic E-state index is -4.56. The number of carbonyl (C=O) groups excluding carboxylic acids is 1. The van der Waals surface area contributed by atoms with Crippen LogP contribution < -0.4 is 4.90 Å². The van der Waals surface area contributed by atoms with Gasteiger partial charge in [0.2, 0.25) is 0 Å². The highest BCUT2D eigenvalue weighted by Gasteiger charge is 2.37. The molecule has 1 aromatic rings. The predicted molar refractivity (Wildman–Crippen MR) is 73.1 cm³/mol. The van der Waals surface area contributed by atoms with E-state index in [1.54, 1.807) is 6.07 Å². The van der Waals surface area contributed by atoms with Gasteiger partial charge in [0.15, 0.2) is 0 Å². The molecule has 22 heavy (non-hydrogen) atoms. The number of anilines is 1. The number of hydrogen-bond donors (Lipinski definition) is 0. The van der Waals surface area contributed by atoms with Crippen LogP contribution in [0, 0.1) is 17.2 Å². The number of rotatable bonds is 2. The standard InChI is InChI=1S/C15H15F3N2O2/c1-22-14(21)11-3-2-6-20(9-11)13-5-4-10(8-19)7-12(13)15(16,17)18/h4-5,7,11H,2-3,6,9H2,1H3/t11-/m0/s1. The number of halogens is 3. The summed E-state index contributed by atoms with van der Waals surface area (Å²) in [6.07, 6.45) is -3.35. The zero-order chi connectivity index (χ0) is 16.3. The summed E-state index contributed by atoms with van der Waals surface area (Å²) in [5, 5.41) is 8.78. The Morgan fingerprint density at radius 3 is 2.77 bits per heavy atom. The van der Waals surface area contributed by atoms with Crippen molar-refractivity contribution < 1.29 is 22.7 Å². The molecular formula is C15H15F3N2O2. The summed E-state index contributed by atoms with van der Waals surface area (Å²) in [7, 11) is 1.27. The number of carbonyl (C=O) groups is 1. The molecule has 118 valence electrons. The molecule has 1 heterocycles. The van der Waals surface area contributed by atoms with Crippen LogP contribution in [0.4, 0.5) is 18.9 Å². The number of benzene rings is 1. The van der Waals surface area contributed by atoms with Gasteiger partial charge < -0.3 is 9.64 Å². The van der Waals surface area contributed by atoms with E-state index in [2.05, 4.69) is 4.74 Å². The molecule has 0 saturated carbocycles. The number of esters is 1. The summed E-state index contributed by atoms with van der Waals surface area (Å²) in [6, 6.07) is 5.20. The zero-order valence-electron chi connectivity index (χ0n) is 12.0. The number of piperidine rings is 1. The van der Waals surface area contributed by atoms with E-state index in [4.69, 9.17) is 5.26 Å². The van der Waals surface area contributed by atoms with Gasteiger partial charge in [0.25, 0.3) is 0 Å². The topological polar surface area (TPSA) is 53.3 Å². The van der Waals surface area contributed by atoms with Crippen LogP contribution in [0.25, 0.3) is 0 Å². The zero-order valence-corrected chi connectivity index (χ0v) is 12.0. The first-order valence-corrected chi connectivity index (χ1v) is 6.81. The molecule has 1 saturated heterocycles. The molecule has 1 aliphatic heterocycles. The Bertz CT molecular complexity index is 608. The second-order valence-corrected chi connectivity index (χ2v) is 5.15. The Kier molecular flexibility index (Phi) is 4.59. The van der Waals surface area contributed by atoms with Crippen molar-refractivity contribution in [3.63, 3.8) is 0 Å². The van der Waals surface area contributed by atoms with E-state index >= 15 is 0 Å². The third-order valence-corrected chi connectivity index (χ3v) is 3.73. The average Bonchev–Trinajstić information content (AvgIpc) is 2.52. The van der Waals surface area contributed by atoms with Crippen LogP contribution in [0.2, 0.25) is 0 Å². The lowest BCUT2D eigenvalue weighted by atomic mass is 9.96. The van der Waals surface area contributed by atoms with Gasteiger partial charge in [0.1, 0.15) is 0 Å². The van der Waals surface area contributed by atoms with E-state index in [9.17, 15) is 18.0 Å². The maximum atomic E-state index is 13.2. The summed E-state index contributed by atoms with van der Waals surface area (Å²) >= 11 is 0. The van der Waals surface area contributed by atoms with Gasteiger partial charge in [-0.15, -0.1) is 0 Å². The molecule has 1 fully saturated rings. The molecular weight excluding hydrogens is 297 g/mol. The number of nitrogens with zero attached hydrogens (tertiary/aromatic N) is 2. The number of hydrogen-bond acceptors (Lipinski definition) is 4. The number of alkyl halides is 3. The smallest absolute Gasteiger partial charge is 0.418 e. The third-order valence-electron chi connectivity index (χ3n) is 3.73. The Morgan fingerprint density at radius 1 is 1.45 bits per heavy atom. The summed E-state index contributed by atoms with van der Waals surface area (Å²) in [4.78, 5) is 13.1. The first-order chi connectivity index (χ1) is 10.4. The van der Waals surface area contributed by atoms with Gasteiger partial charge in [-0.1, -0.05) is 0 Å². The predicted octanol–water partition coefficient (Wildman–Crippen LogP) is 2.97. The highest BCUT2D eigenvalue weighted by atomic mass is 19.4. The van der Waals surface area contributed by atoms with E-state index < -0.39 is 23.6 Å². The molecule has 0 amide bonds. The molecule has 0 radical (unpaired) electrons. The molecule has 7 heteroatoms. The first-order valence-electron chi connectivity index (χ1n) is 6.81. The van der Waals surface area contributed by atoms with Gasteiger partial charge in [0.05, 0.1) is 30.2 Å². The van der Waals surface area contributed by atoms with Crippen LogP contribution in [0.15, 0.2) is 18.2 Å². The quantitative estimate of drug-likeness (QED) is 0.788. The molecule has 2 rings (SSSR count). The second-order valence-electron chi connectivity index (χ2n) is 5.15. The van der Waals surface area contributed by atoms with Crippen molar-refractivity contribution in [2.45, 2.75) is 19.0 Å². The Labute approximate surface area is 126 Å². The lowest BCUT2D eigenvalue weighted by molar-refractivity contribution is -0.145. The van der Waals surface area contributed by atoms with Gasteiger partial charge in [-0.3, -0.25) is 4.79 Å². The molecule has 1 atom stereocenters. The summed E-state index contributed by atoms with van der Waals surface area (Å²) < 4.78 is 44.3. The minimum Gasteiger partial charge on any atom is -0.469 e. The van der Waals surface area contributed by atoms with Crippen molar-refractivity contribution in [1.29, 1.82) is 5.26 Å². The molecule has 1 aliphatic rings. The SMILES string of the molecule is COC(=O)[C@H]1CCCN(c2ccc(C#N)cc2C(F)(F)F)C1. The first kappa shape index (κ1) is 16.1. The molecule has 4 nitrogen and oxygen atoms in total. The summed E-state index contributed by atoms with van der Waals surface area (Å²) in [5.74, 6) is -0.845. The van der Waals surface area contributed by atoms with E-state index in [0.717, 1.165) is 6.07 Å². The molecule has 0 aromatic heterocycles. The maximum absolute atomic E-state index is 13.2. The van der Waals surface area contributed by atoms with Gasteiger partial charge in [0, 0.05) is 18.8 Å². The normalized spacial score (nSPS) is 18.7. The monoisotopic (exact) mass is 312 g/mol. The van der Waals surface area contributed by atoms with Crippen LogP contribution in [0.1, 0.15) is 24.0 Å². The van der Waals surface area contributed by atoms with Crippen molar-refractivity contribution in [1.82, 2.24) is 0 Å². The van der Waals surface area contributed by atoms with Gasteiger partial charge in [-0.2, -0.15) is 18.4 Å². The molecule has 0 unspecified atom stereocenters. The molecule has 0 bridgehead atoms. The highest BCUT2D eigenvalue weighted by molar-refractivity contribution is 5.73. The summed E-state index contributed by atoms with van der Waals surface area (Å²) in [5.41, 5.74) is -0.894. The Balaban J connectivity index is 2.35. The number of ether oxygens (including phenoxy) is 1. The van der Waals surface area contributed by atoms with Gasteiger partial charge in [-0.25, -0.2) is 0 Å². The number of methoxy groups -OCH3 is 1. The van der Waals surface area contributed by atoms with Crippen molar-refractivity contribution in [2.75, 3.05) is 25.1 Å². The molecule has 1 aromatic carbocycles. The van der Waals surface area contributed by atoms with Crippen LogP contribution in [0.5, 0.6) is 0 Å². The van der Waals surface area contributed by atoms with Crippen molar-refractivity contribution in [3.8, 4) is 6.07 Å². The second kappa shape index (κ2) is 6.26. The fourth-order valence-electron chi connectivity index (χ4n) is 2.66.